The lowest BCUT2D eigenvalue weighted by Gasteiger charge is -2.10. The van der Waals surface area contributed by atoms with Crippen molar-refractivity contribution in [2.75, 3.05) is 0 Å². The first-order chi connectivity index (χ1) is 30.2. The van der Waals surface area contributed by atoms with Gasteiger partial charge in [0.25, 0.3) is 0 Å². The van der Waals surface area contributed by atoms with Crippen LogP contribution in [0.25, 0.3) is 127 Å². The van der Waals surface area contributed by atoms with Crippen molar-refractivity contribution < 1.29 is 8.83 Å². The second-order valence-corrected chi connectivity index (χ2v) is 15.7. The van der Waals surface area contributed by atoms with Crippen LogP contribution in [-0.4, -0.2) is 14.5 Å². The number of hydrogen-bond donors (Lipinski definition) is 0. The Hall–Kier alpha value is -8.28. The first kappa shape index (κ1) is 33.7. The zero-order valence-electron chi connectivity index (χ0n) is 32.7. The van der Waals surface area contributed by atoms with Crippen LogP contribution in [0.15, 0.2) is 209 Å². The third kappa shape index (κ3) is 5.21. The first-order valence-electron chi connectivity index (χ1n) is 20.6. The van der Waals surface area contributed by atoms with E-state index in [0.29, 0.717) is 5.82 Å². The van der Waals surface area contributed by atoms with Gasteiger partial charge in [-0.25, -0.2) is 9.97 Å². The molecular weight excluding hydrogens is 747 g/mol. The topological polar surface area (TPSA) is 57.0 Å². The van der Waals surface area contributed by atoms with Crippen molar-refractivity contribution in [2.24, 2.45) is 0 Å². The number of aromatic nitrogens is 3. The van der Waals surface area contributed by atoms with Crippen molar-refractivity contribution in [3.63, 3.8) is 0 Å². The minimum absolute atomic E-state index is 0.671. The van der Waals surface area contributed by atoms with E-state index in [-0.39, 0.29) is 0 Å². The van der Waals surface area contributed by atoms with Crippen molar-refractivity contribution >= 4 is 76.6 Å². The lowest BCUT2D eigenvalue weighted by atomic mass is 9.99. The van der Waals surface area contributed by atoms with Gasteiger partial charge in [-0.05, 0) is 77.4 Å². The molecule has 0 fully saturated rings. The van der Waals surface area contributed by atoms with Gasteiger partial charge in [0.1, 0.15) is 22.3 Å². The van der Waals surface area contributed by atoms with Gasteiger partial charge in [0, 0.05) is 60.1 Å². The molecule has 0 atom stereocenters. The van der Waals surface area contributed by atoms with E-state index in [1.165, 1.54) is 10.8 Å². The van der Waals surface area contributed by atoms with Crippen LogP contribution in [0.1, 0.15) is 0 Å². The second-order valence-electron chi connectivity index (χ2n) is 15.7. The fraction of sp³-hybridized carbons (Fsp3) is 0. The van der Waals surface area contributed by atoms with Crippen LogP contribution in [-0.2, 0) is 0 Å². The molecule has 13 rings (SSSR count). The average molecular weight is 780 g/mol. The molecule has 0 radical (unpaired) electrons. The number of para-hydroxylation sites is 4. The highest BCUT2D eigenvalue weighted by molar-refractivity contribution is 6.15. The molecule has 4 heterocycles. The van der Waals surface area contributed by atoms with Gasteiger partial charge in [-0.1, -0.05) is 140 Å². The Balaban J connectivity index is 0.926. The highest BCUT2D eigenvalue weighted by atomic mass is 16.3. The summed E-state index contributed by atoms with van der Waals surface area (Å²) in [7, 11) is 0. The molecule has 9 aromatic carbocycles. The van der Waals surface area contributed by atoms with Crippen LogP contribution in [0.2, 0.25) is 0 Å². The van der Waals surface area contributed by atoms with Gasteiger partial charge in [-0.15, -0.1) is 0 Å². The summed E-state index contributed by atoms with van der Waals surface area (Å²) in [5.74, 6) is 0.671. The fourth-order valence-electron chi connectivity index (χ4n) is 9.40. The van der Waals surface area contributed by atoms with Crippen LogP contribution < -0.4 is 0 Å². The summed E-state index contributed by atoms with van der Waals surface area (Å²) in [4.78, 5) is 10.3. The molecule has 4 aromatic heterocycles. The van der Waals surface area contributed by atoms with Gasteiger partial charge >= 0.3 is 0 Å². The minimum Gasteiger partial charge on any atom is -0.456 e. The quantitative estimate of drug-likeness (QED) is 0.175. The summed E-state index contributed by atoms with van der Waals surface area (Å²) in [5.41, 5.74) is 15.1. The molecule has 0 aliphatic heterocycles. The predicted octanol–water partition coefficient (Wildman–Crippen LogP) is 15.2. The number of nitrogens with zero attached hydrogens (tertiary/aromatic N) is 3. The zero-order chi connectivity index (χ0) is 40.0. The van der Waals surface area contributed by atoms with Crippen LogP contribution in [0.5, 0.6) is 0 Å². The van der Waals surface area contributed by atoms with Crippen LogP contribution in [0, 0.1) is 0 Å². The highest BCUT2D eigenvalue weighted by Crippen LogP contribution is 2.41. The van der Waals surface area contributed by atoms with E-state index in [2.05, 4.69) is 162 Å². The van der Waals surface area contributed by atoms with Gasteiger partial charge in [-0.2, -0.15) is 0 Å². The summed E-state index contributed by atoms with van der Waals surface area (Å²) in [5, 5.41) is 7.72. The van der Waals surface area contributed by atoms with E-state index in [1.54, 1.807) is 0 Å². The number of fused-ring (bicyclic) bond motifs is 10. The lowest BCUT2D eigenvalue weighted by molar-refractivity contribution is 0.669. The monoisotopic (exact) mass is 779 g/mol. The molecule has 5 nitrogen and oxygen atoms in total. The smallest absolute Gasteiger partial charge is 0.161 e. The Kier molecular flexibility index (Phi) is 7.24. The summed E-state index contributed by atoms with van der Waals surface area (Å²) >= 11 is 0. The summed E-state index contributed by atoms with van der Waals surface area (Å²) in [6, 6.07) is 70.2. The predicted molar refractivity (Wildman–Crippen MR) is 250 cm³/mol. The van der Waals surface area contributed by atoms with Crippen molar-refractivity contribution in [1.29, 1.82) is 0 Å². The zero-order valence-corrected chi connectivity index (χ0v) is 32.7. The molecule has 0 aliphatic carbocycles. The van der Waals surface area contributed by atoms with E-state index in [1.807, 2.05) is 42.5 Å². The van der Waals surface area contributed by atoms with Gasteiger partial charge in [0.2, 0.25) is 0 Å². The Labute approximate surface area is 349 Å². The summed E-state index contributed by atoms with van der Waals surface area (Å²) < 4.78 is 15.2. The first-order valence-corrected chi connectivity index (χ1v) is 20.6. The molecule has 0 spiro atoms. The SMILES string of the molecule is c1ccc(-c2nc(-c3cccc4oc5ccc(-c6ccc7c(c6)c6ccccc6n7-c6ccc(-c7cccc8c7oc7ccccc78)cc6)cc5c34)nc3ccccc23)cc1. The van der Waals surface area contributed by atoms with E-state index in [0.717, 1.165) is 111 Å². The molecule has 0 aliphatic rings. The maximum atomic E-state index is 6.50. The van der Waals surface area contributed by atoms with Crippen molar-refractivity contribution in [3.05, 3.63) is 200 Å². The Morgan fingerprint density at radius 1 is 0.361 bits per heavy atom. The molecule has 0 bridgehead atoms. The molecule has 13 aromatic rings. The van der Waals surface area contributed by atoms with Crippen molar-refractivity contribution in [2.45, 2.75) is 0 Å². The molecule has 0 saturated heterocycles. The number of hydrogen-bond acceptors (Lipinski definition) is 4. The molecule has 0 unspecified atom stereocenters. The van der Waals surface area contributed by atoms with E-state index in [9.17, 15) is 0 Å². The maximum Gasteiger partial charge on any atom is 0.161 e. The lowest BCUT2D eigenvalue weighted by Crippen LogP contribution is -1.95. The van der Waals surface area contributed by atoms with Crippen LogP contribution in [0.3, 0.4) is 0 Å². The van der Waals surface area contributed by atoms with Gasteiger partial charge in [0.05, 0.1) is 22.2 Å². The van der Waals surface area contributed by atoms with Crippen LogP contribution >= 0.6 is 0 Å². The standard InChI is InChI=1S/C56H33N3O2/c1-2-12-35(13-3-1)54-43-16-4-7-20-47(43)57-56(58-54)44-19-11-23-52-53(44)46-33-37(27-31-51(46)60-52)36-26-30-49-45(32-36)40-14-5-8-21-48(40)59(49)38-28-24-34(25-29-38)39-17-10-18-42-41-15-6-9-22-50(41)61-55(39)42/h1-33H. The third-order valence-corrected chi connectivity index (χ3v) is 12.2. The highest BCUT2D eigenvalue weighted by Gasteiger charge is 2.19. The summed E-state index contributed by atoms with van der Waals surface area (Å²) in [6.07, 6.45) is 0. The normalized spacial score (nSPS) is 11.9. The van der Waals surface area contributed by atoms with E-state index in [4.69, 9.17) is 18.8 Å². The average Bonchev–Trinajstić information content (AvgIpc) is 4.01. The Bertz CT molecular complexity index is 3870. The Morgan fingerprint density at radius 3 is 1.89 bits per heavy atom. The van der Waals surface area contributed by atoms with Gasteiger partial charge in [0.15, 0.2) is 5.82 Å². The van der Waals surface area contributed by atoms with Crippen molar-refractivity contribution in [1.82, 2.24) is 14.5 Å². The van der Waals surface area contributed by atoms with E-state index < -0.39 is 0 Å². The number of furan rings is 2. The second kappa shape index (κ2) is 13.1. The van der Waals surface area contributed by atoms with Crippen molar-refractivity contribution in [3.8, 4) is 50.6 Å². The van der Waals surface area contributed by atoms with E-state index >= 15 is 0 Å². The molecule has 61 heavy (non-hydrogen) atoms. The van der Waals surface area contributed by atoms with Gasteiger partial charge < -0.3 is 13.4 Å². The van der Waals surface area contributed by atoms with Crippen LogP contribution in [0.4, 0.5) is 0 Å². The Morgan fingerprint density at radius 2 is 1.00 bits per heavy atom. The molecule has 0 N–H and O–H groups in total. The maximum absolute atomic E-state index is 6.50. The molecule has 5 heteroatoms. The van der Waals surface area contributed by atoms with Gasteiger partial charge in [-0.3, -0.25) is 0 Å². The number of rotatable bonds is 5. The fourth-order valence-corrected chi connectivity index (χ4v) is 9.40. The molecule has 284 valence electrons. The largest absolute Gasteiger partial charge is 0.456 e. The summed E-state index contributed by atoms with van der Waals surface area (Å²) in [6.45, 7) is 0. The molecule has 0 saturated carbocycles. The third-order valence-electron chi connectivity index (χ3n) is 12.2. The number of benzene rings is 9. The minimum atomic E-state index is 0.671. The molecule has 0 amide bonds. The molecular formula is C56H33N3O2.